The molecule has 0 aliphatic carbocycles. The van der Waals surface area contributed by atoms with Gasteiger partial charge in [0.2, 0.25) is 0 Å². The Morgan fingerprint density at radius 3 is 2.23 bits per heavy atom. The summed E-state index contributed by atoms with van der Waals surface area (Å²) in [5.41, 5.74) is 0.711. The van der Waals surface area contributed by atoms with Gasteiger partial charge in [-0.15, -0.1) is 5.10 Å². The first kappa shape index (κ1) is 10.1. The van der Waals surface area contributed by atoms with Crippen LogP contribution >= 0.6 is 0 Å². The van der Waals surface area contributed by atoms with Crippen molar-refractivity contribution in [3.05, 3.63) is 17.8 Å². The third-order valence-electron chi connectivity index (χ3n) is 1.69. The molecule has 1 rings (SSSR count). The van der Waals surface area contributed by atoms with Gasteiger partial charge in [-0.1, -0.05) is 0 Å². The maximum absolute atomic E-state index is 11.5. The molecule has 0 spiro atoms. The fraction of sp³-hybridized carbons (Fsp3) is 0.500. The predicted molar refractivity (Wildman–Crippen MR) is 49.1 cm³/mol. The quantitative estimate of drug-likeness (QED) is 0.713. The SMILES string of the molecule is Cc1ccc(S(=O)(=O)C(C)C)nn1. The summed E-state index contributed by atoms with van der Waals surface area (Å²) in [7, 11) is -3.27. The summed E-state index contributed by atoms with van der Waals surface area (Å²) in [6.45, 7) is 5.01. The van der Waals surface area contributed by atoms with Crippen LogP contribution in [0.1, 0.15) is 19.5 Å². The monoisotopic (exact) mass is 200 g/mol. The Morgan fingerprint density at radius 1 is 1.23 bits per heavy atom. The number of nitrogens with zero attached hydrogens (tertiary/aromatic N) is 2. The molecule has 0 fully saturated rings. The lowest BCUT2D eigenvalue weighted by Gasteiger charge is -2.05. The van der Waals surface area contributed by atoms with E-state index in [4.69, 9.17) is 0 Å². The van der Waals surface area contributed by atoms with Crippen LogP contribution < -0.4 is 0 Å². The summed E-state index contributed by atoms with van der Waals surface area (Å²) < 4.78 is 23.1. The summed E-state index contributed by atoms with van der Waals surface area (Å²) in [5, 5.41) is 6.93. The molecule has 0 saturated carbocycles. The molecule has 13 heavy (non-hydrogen) atoms. The van der Waals surface area contributed by atoms with Crippen LogP contribution in [-0.2, 0) is 9.84 Å². The van der Waals surface area contributed by atoms with E-state index >= 15 is 0 Å². The topological polar surface area (TPSA) is 59.9 Å². The lowest BCUT2D eigenvalue weighted by atomic mass is 10.4. The Balaban J connectivity index is 3.17. The minimum atomic E-state index is -3.27. The Labute approximate surface area is 77.9 Å². The second-order valence-corrected chi connectivity index (χ2v) is 5.56. The van der Waals surface area contributed by atoms with Crippen molar-refractivity contribution in [2.75, 3.05) is 0 Å². The van der Waals surface area contributed by atoms with Crippen LogP contribution in [0.25, 0.3) is 0 Å². The average molecular weight is 200 g/mol. The van der Waals surface area contributed by atoms with Gasteiger partial charge in [-0.2, -0.15) is 5.10 Å². The van der Waals surface area contributed by atoms with E-state index in [1.165, 1.54) is 6.07 Å². The van der Waals surface area contributed by atoms with Crippen molar-refractivity contribution in [3.8, 4) is 0 Å². The Hall–Kier alpha value is -0.970. The van der Waals surface area contributed by atoms with Crippen molar-refractivity contribution >= 4 is 9.84 Å². The molecule has 0 N–H and O–H groups in total. The zero-order valence-electron chi connectivity index (χ0n) is 7.85. The van der Waals surface area contributed by atoms with Gasteiger partial charge in [0.1, 0.15) is 0 Å². The largest absolute Gasteiger partial charge is 0.222 e. The molecule has 0 aromatic carbocycles. The molecule has 0 unspecified atom stereocenters. The molecule has 1 heterocycles. The van der Waals surface area contributed by atoms with Crippen LogP contribution in [0.4, 0.5) is 0 Å². The first-order valence-corrected chi connectivity index (χ1v) is 5.53. The van der Waals surface area contributed by atoms with Crippen LogP contribution in [0, 0.1) is 6.92 Å². The van der Waals surface area contributed by atoms with E-state index in [1.54, 1.807) is 26.8 Å². The van der Waals surface area contributed by atoms with Gasteiger partial charge in [-0.25, -0.2) is 8.42 Å². The van der Waals surface area contributed by atoms with Gasteiger partial charge in [0.05, 0.1) is 10.9 Å². The molecule has 0 bridgehead atoms. The van der Waals surface area contributed by atoms with Crippen molar-refractivity contribution < 1.29 is 8.42 Å². The van der Waals surface area contributed by atoms with E-state index in [-0.39, 0.29) is 5.03 Å². The third kappa shape index (κ3) is 2.03. The van der Waals surface area contributed by atoms with E-state index < -0.39 is 15.1 Å². The van der Waals surface area contributed by atoms with Crippen LogP contribution in [0.3, 0.4) is 0 Å². The van der Waals surface area contributed by atoms with E-state index in [2.05, 4.69) is 10.2 Å². The van der Waals surface area contributed by atoms with E-state index in [0.29, 0.717) is 5.69 Å². The number of aryl methyl sites for hydroxylation is 1. The van der Waals surface area contributed by atoms with Crippen molar-refractivity contribution in [2.45, 2.75) is 31.0 Å². The van der Waals surface area contributed by atoms with Crippen LogP contribution in [0.5, 0.6) is 0 Å². The molecule has 5 heteroatoms. The molecule has 0 aliphatic heterocycles. The average Bonchev–Trinajstić information content (AvgIpc) is 2.04. The molecule has 0 aliphatic rings. The highest BCUT2D eigenvalue weighted by Gasteiger charge is 2.20. The van der Waals surface area contributed by atoms with E-state index in [9.17, 15) is 8.42 Å². The third-order valence-corrected chi connectivity index (χ3v) is 3.73. The van der Waals surface area contributed by atoms with Crippen LogP contribution in [0.15, 0.2) is 17.2 Å². The molecule has 1 aromatic heterocycles. The maximum Gasteiger partial charge on any atom is 0.199 e. The van der Waals surface area contributed by atoms with Gasteiger partial charge in [0.15, 0.2) is 14.9 Å². The molecule has 0 radical (unpaired) electrons. The number of hydrogen-bond acceptors (Lipinski definition) is 4. The molecular weight excluding hydrogens is 188 g/mol. The highest BCUT2D eigenvalue weighted by molar-refractivity contribution is 7.91. The van der Waals surface area contributed by atoms with Crippen molar-refractivity contribution in [3.63, 3.8) is 0 Å². The molecule has 4 nitrogen and oxygen atoms in total. The molecule has 0 saturated heterocycles. The number of rotatable bonds is 2. The molecular formula is C8H12N2O2S. The summed E-state index contributed by atoms with van der Waals surface area (Å²) in [5.74, 6) is 0. The molecule has 0 amide bonds. The Morgan fingerprint density at radius 2 is 1.85 bits per heavy atom. The molecule has 1 aromatic rings. The van der Waals surface area contributed by atoms with Crippen molar-refractivity contribution in [1.29, 1.82) is 0 Å². The lowest BCUT2D eigenvalue weighted by molar-refractivity contribution is 0.581. The van der Waals surface area contributed by atoms with Gasteiger partial charge in [0, 0.05) is 0 Å². The lowest BCUT2D eigenvalue weighted by Crippen LogP contribution is -2.16. The van der Waals surface area contributed by atoms with E-state index in [1.807, 2.05) is 0 Å². The molecule has 72 valence electrons. The van der Waals surface area contributed by atoms with Gasteiger partial charge < -0.3 is 0 Å². The number of sulfone groups is 1. The number of aromatic nitrogens is 2. The van der Waals surface area contributed by atoms with Crippen molar-refractivity contribution in [2.24, 2.45) is 0 Å². The van der Waals surface area contributed by atoms with Crippen LogP contribution in [0.2, 0.25) is 0 Å². The summed E-state index contributed by atoms with van der Waals surface area (Å²) >= 11 is 0. The maximum atomic E-state index is 11.5. The van der Waals surface area contributed by atoms with Crippen LogP contribution in [-0.4, -0.2) is 23.9 Å². The van der Waals surface area contributed by atoms with Gasteiger partial charge in [0.25, 0.3) is 0 Å². The highest BCUT2D eigenvalue weighted by atomic mass is 32.2. The van der Waals surface area contributed by atoms with Gasteiger partial charge in [-0.3, -0.25) is 0 Å². The fourth-order valence-corrected chi connectivity index (χ4v) is 1.68. The fourth-order valence-electron chi connectivity index (χ4n) is 0.780. The minimum absolute atomic E-state index is 0.0492. The predicted octanol–water partition coefficient (Wildman–Crippen LogP) is 0.967. The Kier molecular flexibility index (Phi) is 2.66. The van der Waals surface area contributed by atoms with Gasteiger partial charge in [-0.05, 0) is 32.9 Å². The minimum Gasteiger partial charge on any atom is -0.222 e. The zero-order valence-corrected chi connectivity index (χ0v) is 8.67. The standard InChI is InChI=1S/C8H12N2O2S/c1-6(2)13(11,12)8-5-4-7(3)9-10-8/h4-6H,1-3H3. The first-order valence-electron chi connectivity index (χ1n) is 3.99. The smallest absolute Gasteiger partial charge is 0.199 e. The second-order valence-electron chi connectivity index (χ2n) is 3.11. The van der Waals surface area contributed by atoms with E-state index in [0.717, 1.165) is 0 Å². The molecule has 0 atom stereocenters. The summed E-state index contributed by atoms with van der Waals surface area (Å²) in [4.78, 5) is 0. The summed E-state index contributed by atoms with van der Waals surface area (Å²) in [6.07, 6.45) is 0. The second kappa shape index (κ2) is 3.41. The van der Waals surface area contributed by atoms with Gasteiger partial charge >= 0.3 is 0 Å². The first-order chi connectivity index (χ1) is 5.94. The zero-order chi connectivity index (χ0) is 10.1. The summed E-state index contributed by atoms with van der Waals surface area (Å²) in [6, 6.07) is 3.12. The van der Waals surface area contributed by atoms with Crippen molar-refractivity contribution in [1.82, 2.24) is 10.2 Å². The highest BCUT2D eigenvalue weighted by Crippen LogP contribution is 2.11. The normalized spacial score (nSPS) is 12.0. The number of hydrogen-bond donors (Lipinski definition) is 0. The Bertz CT molecular complexity index is 381.